The van der Waals surface area contributed by atoms with Gasteiger partial charge in [-0.2, -0.15) is 0 Å². The monoisotopic (exact) mass is 307 g/mol. The minimum Gasteiger partial charge on any atom is -0.502 e. The summed E-state index contributed by atoms with van der Waals surface area (Å²) in [4.78, 5) is 23.7. The summed E-state index contributed by atoms with van der Waals surface area (Å²) in [5.41, 5.74) is 0.271. The minimum absolute atomic E-state index is 0.258. The molecular formula is C13H13N3O4S. The van der Waals surface area contributed by atoms with Crippen LogP contribution in [0, 0.1) is 10.1 Å². The molecule has 1 fully saturated rings. The second kappa shape index (κ2) is 5.88. The van der Waals surface area contributed by atoms with Gasteiger partial charge in [-0.05, 0) is 36.3 Å². The van der Waals surface area contributed by atoms with Crippen LogP contribution in [0.3, 0.4) is 0 Å². The predicted octanol–water partition coefficient (Wildman–Crippen LogP) is 1.77. The Labute approximate surface area is 126 Å². The predicted molar refractivity (Wildman–Crippen MR) is 80.5 cm³/mol. The smallest absolute Gasteiger partial charge is 0.311 e. The maximum absolute atomic E-state index is 12.1. The number of nitro groups is 1. The van der Waals surface area contributed by atoms with E-state index in [0.29, 0.717) is 17.2 Å². The van der Waals surface area contributed by atoms with E-state index < -0.39 is 16.4 Å². The molecule has 1 aromatic carbocycles. The molecule has 0 atom stereocenters. The summed E-state index contributed by atoms with van der Waals surface area (Å²) in [7, 11) is 0. The third kappa shape index (κ3) is 3.00. The molecule has 2 N–H and O–H groups in total. The van der Waals surface area contributed by atoms with Gasteiger partial charge in [0.2, 0.25) is 0 Å². The Morgan fingerprint density at radius 3 is 2.86 bits per heavy atom. The Kier molecular flexibility index (Phi) is 4.18. The van der Waals surface area contributed by atoms with E-state index in [9.17, 15) is 20.0 Å². The van der Waals surface area contributed by atoms with Gasteiger partial charge in [-0.25, -0.2) is 0 Å². The lowest BCUT2D eigenvalue weighted by molar-refractivity contribution is -0.385. The Bertz CT molecular complexity index is 657. The van der Waals surface area contributed by atoms with Crippen LogP contribution in [-0.4, -0.2) is 32.5 Å². The molecule has 7 nitrogen and oxygen atoms in total. The first-order valence-corrected chi connectivity index (χ1v) is 6.66. The number of rotatable bonds is 4. The summed E-state index contributed by atoms with van der Waals surface area (Å²) in [6.07, 6.45) is 2.24. The van der Waals surface area contributed by atoms with Gasteiger partial charge in [0.15, 0.2) is 10.9 Å². The van der Waals surface area contributed by atoms with E-state index >= 15 is 0 Å². The highest BCUT2D eigenvalue weighted by Gasteiger charge is 2.29. The highest BCUT2D eigenvalue weighted by Crippen LogP contribution is 2.27. The van der Waals surface area contributed by atoms with Crippen LogP contribution in [0.2, 0.25) is 0 Å². The van der Waals surface area contributed by atoms with Gasteiger partial charge < -0.3 is 10.4 Å². The molecule has 110 valence electrons. The fraction of sp³-hybridized carbons (Fsp3) is 0.231. The van der Waals surface area contributed by atoms with Gasteiger partial charge >= 0.3 is 5.69 Å². The van der Waals surface area contributed by atoms with E-state index in [0.717, 1.165) is 6.42 Å². The van der Waals surface area contributed by atoms with Crippen molar-refractivity contribution in [2.75, 3.05) is 6.54 Å². The number of carbonyl (C=O) groups is 1. The molecule has 2 rings (SSSR count). The normalized spacial score (nSPS) is 16.4. The van der Waals surface area contributed by atoms with Crippen LogP contribution in [-0.2, 0) is 4.79 Å². The second-order valence-corrected chi connectivity index (χ2v) is 4.84. The first-order valence-electron chi connectivity index (χ1n) is 6.26. The number of benzene rings is 1. The molecule has 0 saturated carbocycles. The number of hydrogen-bond acceptors (Lipinski definition) is 5. The Hall–Kier alpha value is -2.48. The molecule has 0 aromatic heterocycles. The highest BCUT2D eigenvalue weighted by atomic mass is 32.1. The molecule has 0 aliphatic carbocycles. The molecule has 1 aliphatic rings. The molecule has 1 aromatic rings. The van der Waals surface area contributed by atoms with Crippen LogP contribution in [0.4, 0.5) is 5.69 Å². The molecule has 1 amide bonds. The number of phenolic OH excluding ortho intramolecular Hbond substituents is 1. The van der Waals surface area contributed by atoms with Gasteiger partial charge in [0.25, 0.3) is 5.91 Å². The van der Waals surface area contributed by atoms with Crippen molar-refractivity contribution in [3.63, 3.8) is 0 Å². The highest BCUT2D eigenvalue weighted by molar-refractivity contribution is 7.80. The van der Waals surface area contributed by atoms with Crippen LogP contribution >= 0.6 is 12.2 Å². The second-order valence-electron chi connectivity index (χ2n) is 4.45. The summed E-state index contributed by atoms with van der Waals surface area (Å²) in [6.45, 7) is 2.44. The number of carbonyl (C=O) groups excluding carboxylic acids is 1. The fourth-order valence-corrected chi connectivity index (χ4v) is 2.23. The molecule has 1 aliphatic heterocycles. The van der Waals surface area contributed by atoms with E-state index in [4.69, 9.17) is 12.2 Å². The van der Waals surface area contributed by atoms with Crippen molar-refractivity contribution in [3.05, 3.63) is 39.6 Å². The number of thiocarbonyl (C=S) groups is 1. The average Bonchev–Trinajstić information content (AvgIpc) is 2.69. The zero-order valence-corrected chi connectivity index (χ0v) is 12.0. The number of nitro benzene ring substituents is 1. The third-order valence-corrected chi connectivity index (χ3v) is 3.24. The van der Waals surface area contributed by atoms with E-state index in [-0.39, 0.29) is 11.6 Å². The van der Waals surface area contributed by atoms with Crippen molar-refractivity contribution in [1.29, 1.82) is 0 Å². The minimum atomic E-state index is -0.685. The molecular weight excluding hydrogens is 294 g/mol. The Balaban J connectivity index is 2.33. The standard InChI is InChI=1S/C13H13N3O4S/c1-2-5-15-12(18)9(14-13(15)21)6-8-3-4-11(17)10(7-8)16(19)20/h3-4,6-7,17H,2,5H2,1H3,(H,14,21). The van der Waals surface area contributed by atoms with Gasteiger partial charge in [-0.3, -0.25) is 19.8 Å². The van der Waals surface area contributed by atoms with Gasteiger partial charge in [-0.15, -0.1) is 0 Å². The van der Waals surface area contributed by atoms with Crippen LogP contribution in [0.1, 0.15) is 18.9 Å². The molecule has 1 saturated heterocycles. The number of hydrogen-bond donors (Lipinski definition) is 2. The Morgan fingerprint density at radius 2 is 2.24 bits per heavy atom. The number of nitrogens with zero attached hydrogens (tertiary/aromatic N) is 2. The third-order valence-electron chi connectivity index (χ3n) is 2.92. The fourth-order valence-electron chi connectivity index (χ4n) is 1.94. The van der Waals surface area contributed by atoms with E-state index in [1.54, 1.807) is 0 Å². The van der Waals surface area contributed by atoms with Gasteiger partial charge in [0.1, 0.15) is 5.70 Å². The summed E-state index contributed by atoms with van der Waals surface area (Å²) < 4.78 is 0. The van der Waals surface area contributed by atoms with Gasteiger partial charge in [-0.1, -0.05) is 13.0 Å². The molecule has 1 heterocycles. The van der Waals surface area contributed by atoms with Gasteiger partial charge in [0, 0.05) is 12.6 Å². The topological polar surface area (TPSA) is 95.7 Å². The van der Waals surface area contributed by atoms with Crippen LogP contribution < -0.4 is 5.32 Å². The van der Waals surface area contributed by atoms with Crippen molar-refractivity contribution in [2.45, 2.75) is 13.3 Å². The zero-order valence-electron chi connectivity index (χ0n) is 11.2. The maximum Gasteiger partial charge on any atom is 0.311 e. The molecule has 0 bridgehead atoms. The lowest BCUT2D eigenvalue weighted by atomic mass is 10.1. The molecule has 0 spiro atoms. The first-order chi connectivity index (χ1) is 9.93. The molecule has 0 radical (unpaired) electrons. The van der Waals surface area contributed by atoms with Crippen molar-refractivity contribution in [1.82, 2.24) is 10.2 Å². The zero-order chi connectivity index (χ0) is 15.6. The van der Waals surface area contributed by atoms with Gasteiger partial charge in [0.05, 0.1) is 4.92 Å². The molecule has 8 heteroatoms. The largest absolute Gasteiger partial charge is 0.502 e. The summed E-state index contributed by atoms with van der Waals surface area (Å²) in [5.74, 6) is -0.687. The van der Waals surface area contributed by atoms with E-state index in [2.05, 4.69) is 5.32 Å². The molecule has 0 unspecified atom stereocenters. The number of nitrogens with one attached hydrogen (secondary N) is 1. The molecule has 21 heavy (non-hydrogen) atoms. The SMILES string of the molecule is CCCN1C(=O)C(=Cc2ccc(O)c([N+](=O)[O-])c2)NC1=S. The number of amides is 1. The average molecular weight is 307 g/mol. The summed E-state index contributed by atoms with van der Waals surface area (Å²) >= 11 is 5.07. The quantitative estimate of drug-likeness (QED) is 0.381. The van der Waals surface area contributed by atoms with Crippen molar-refractivity contribution in [3.8, 4) is 5.75 Å². The Morgan fingerprint density at radius 1 is 1.52 bits per heavy atom. The first kappa shape index (κ1) is 14.9. The van der Waals surface area contributed by atoms with Crippen molar-refractivity contribution < 1.29 is 14.8 Å². The van der Waals surface area contributed by atoms with Crippen LogP contribution in [0.5, 0.6) is 5.75 Å². The van der Waals surface area contributed by atoms with Crippen LogP contribution in [0.25, 0.3) is 6.08 Å². The van der Waals surface area contributed by atoms with E-state index in [1.165, 1.54) is 29.2 Å². The van der Waals surface area contributed by atoms with Crippen molar-refractivity contribution >= 4 is 35.0 Å². The summed E-state index contributed by atoms with van der Waals surface area (Å²) in [5, 5.41) is 23.3. The van der Waals surface area contributed by atoms with Crippen molar-refractivity contribution in [2.24, 2.45) is 0 Å². The lowest BCUT2D eigenvalue weighted by Gasteiger charge is -2.11. The number of aromatic hydroxyl groups is 1. The summed E-state index contributed by atoms with van der Waals surface area (Å²) in [6, 6.07) is 3.89. The van der Waals surface area contributed by atoms with Crippen LogP contribution in [0.15, 0.2) is 23.9 Å². The lowest BCUT2D eigenvalue weighted by Crippen LogP contribution is -2.31. The van der Waals surface area contributed by atoms with E-state index in [1.807, 2.05) is 6.92 Å². The number of phenols is 1. The maximum atomic E-state index is 12.1.